The van der Waals surface area contributed by atoms with Crippen LogP contribution in [0.25, 0.3) is 0 Å². The molecule has 1 N–H and O–H groups in total. The molecule has 2 rings (SSSR count). The van der Waals surface area contributed by atoms with Crippen LogP contribution >= 0.6 is 0 Å². The molecule has 1 aliphatic rings. The normalized spacial score (nSPS) is 24.4. The second-order valence-corrected chi connectivity index (χ2v) is 5.83. The van der Waals surface area contributed by atoms with Crippen molar-refractivity contribution in [1.82, 2.24) is 5.32 Å². The van der Waals surface area contributed by atoms with Gasteiger partial charge in [0.05, 0.1) is 18.8 Å². The molecule has 1 heterocycles. The predicted molar refractivity (Wildman–Crippen MR) is 82.4 cm³/mol. The number of likely N-dealkylation sites (N-methyl/N-ethyl adjacent to an activating group) is 1. The molecule has 0 bridgehead atoms. The molecule has 1 saturated heterocycles. The van der Waals surface area contributed by atoms with E-state index in [1.54, 1.807) is 7.11 Å². The molecule has 1 fully saturated rings. The molecule has 0 saturated carbocycles. The summed E-state index contributed by atoms with van der Waals surface area (Å²) >= 11 is 0. The number of nitrogens with one attached hydrogen (secondary N) is 1. The Morgan fingerprint density at radius 1 is 1.40 bits per heavy atom. The Morgan fingerprint density at radius 3 is 2.75 bits per heavy atom. The van der Waals surface area contributed by atoms with Gasteiger partial charge in [0.2, 0.25) is 0 Å². The van der Waals surface area contributed by atoms with Crippen molar-refractivity contribution in [2.24, 2.45) is 0 Å². The molecule has 3 heteroatoms. The summed E-state index contributed by atoms with van der Waals surface area (Å²) in [7, 11) is 1.71. The van der Waals surface area contributed by atoms with Gasteiger partial charge in [-0.05, 0) is 62.9 Å². The number of rotatable bonds is 5. The fraction of sp³-hybridized carbons (Fsp3) is 0.647. The third-order valence-electron chi connectivity index (χ3n) is 4.31. The highest BCUT2D eigenvalue weighted by atomic mass is 16.5. The molecule has 20 heavy (non-hydrogen) atoms. The average Bonchev–Trinajstić information content (AvgIpc) is 2.46. The lowest BCUT2D eigenvalue weighted by molar-refractivity contribution is -0.0896. The van der Waals surface area contributed by atoms with Crippen molar-refractivity contribution in [3.63, 3.8) is 0 Å². The molecule has 0 spiro atoms. The number of benzene rings is 1. The fourth-order valence-corrected chi connectivity index (χ4v) is 3.14. The number of aryl methyl sites for hydroxylation is 1. The molecule has 2 unspecified atom stereocenters. The Morgan fingerprint density at radius 2 is 2.20 bits per heavy atom. The summed E-state index contributed by atoms with van der Waals surface area (Å²) in [5.74, 6) is 0.913. The highest BCUT2D eigenvalue weighted by molar-refractivity contribution is 5.38. The quantitative estimate of drug-likeness (QED) is 0.892. The van der Waals surface area contributed by atoms with E-state index in [1.807, 2.05) is 6.07 Å². The van der Waals surface area contributed by atoms with Crippen molar-refractivity contribution >= 4 is 0 Å². The smallest absolute Gasteiger partial charge is 0.119 e. The minimum Gasteiger partial charge on any atom is -0.497 e. The van der Waals surface area contributed by atoms with Crippen LogP contribution in [0.15, 0.2) is 18.2 Å². The first-order chi connectivity index (χ1) is 9.60. The summed E-state index contributed by atoms with van der Waals surface area (Å²) in [5, 5.41) is 3.62. The van der Waals surface area contributed by atoms with Crippen molar-refractivity contribution in [3.05, 3.63) is 29.3 Å². The van der Waals surface area contributed by atoms with Gasteiger partial charge >= 0.3 is 0 Å². The first kappa shape index (κ1) is 15.3. The van der Waals surface area contributed by atoms with Crippen LogP contribution in [0.5, 0.6) is 5.75 Å². The van der Waals surface area contributed by atoms with Gasteiger partial charge in [-0.1, -0.05) is 13.0 Å². The summed E-state index contributed by atoms with van der Waals surface area (Å²) in [6, 6.07) is 6.55. The third kappa shape index (κ3) is 3.15. The van der Waals surface area contributed by atoms with E-state index >= 15 is 0 Å². The second-order valence-electron chi connectivity index (χ2n) is 5.83. The topological polar surface area (TPSA) is 30.5 Å². The number of hydrogen-bond donors (Lipinski definition) is 1. The maximum Gasteiger partial charge on any atom is 0.119 e. The van der Waals surface area contributed by atoms with E-state index in [1.165, 1.54) is 24.0 Å². The molecular weight excluding hydrogens is 250 g/mol. The van der Waals surface area contributed by atoms with Gasteiger partial charge in [0.15, 0.2) is 0 Å². The molecule has 1 aromatic rings. The molecule has 1 aliphatic heterocycles. The standard InChI is InChI=1S/C17H27NO2/c1-5-18-16(17(3)10-6-7-11-20-17)15-9-8-14(19-4)12-13(15)2/h8-9,12,16,18H,5-7,10-11H2,1-4H3. The largest absolute Gasteiger partial charge is 0.497 e. The van der Waals surface area contributed by atoms with Gasteiger partial charge in [-0.25, -0.2) is 0 Å². The van der Waals surface area contributed by atoms with Gasteiger partial charge in [0.1, 0.15) is 5.75 Å². The van der Waals surface area contributed by atoms with Crippen LogP contribution in [-0.4, -0.2) is 25.9 Å². The van der Waals surface area contributed by atoms with Gasteiger partial charge < -0.3 is 14.8 Å². The van der Waals surface area contributed by atoms with Crippen molar-refractivity contribution < 1.29 is 9.47 Å². The molecule has 3 nitrogen and oxygen atoms in total. The Labute approximate surface area is 122 Å². The number of hydrogen-bond acceptors (Lipinski definition) is 3. The zero-order valence-corrected chi connectivity index (χ0v) is 13.2. The zero-order valence-electron chi connectivity index (χ0n) is 13.2. The Bertz CT molecular complexity index is 439. The van der Waals surface area contributed by atoms with Gasteiger partial charge in [0.25, 0.3) is 0 Å². The second kappa shape index (κ2) is 6.59. The van der Waals surface area contributed by atoms with Gasteiger partial charge in [0, 0.05) is 6.61 Å². The Kier molecular flexibility index (Phi) is 5.06. The summed E-state index contributed by atoms with van der Waals surface area (Å²) in [6.45, 7) is 8.35. The monoisotopic (exact) mass is 277 g/mol. The summed E-state index contributed by atoms with van der Waals surface area (Å²) in [4.78, 5) is 0. The van der Waals surface area contributed by atoms with Crippen LogP contribution in [-0.2, 0) is 4.74 Å². The molecule has 0 aromatic heterocycles. The summed E-state index contributed by atoms with van der Waals surface area (Å²) in [5.41, 5.74) is 2.45. The number of ether oxygens (including phenoxy) is 2. The minimum absolute atomic E-state index is 0.117. The van der Waals surface area contributed by atoms with Crippen molar-refractivity contribution in [1.29, 1.82) is 0 Å². The minimum atomic E-state index is -0.117. The lowest BCUT2D eigenvalue weighted by atomic mass is 9.82. The maximum atomic E-state index is 6.15. The van der Waals surface area contributed by atoms with Crippen molar-refractivity contribution in [3.8, 4) is 5.75 Å². The molecule has 0 aliphatic carbocycles. The Hall–Kier alpha value is -1.06. The lowest BCUT2D eigenvalue weighted by Gasteiger charge is -2.41. The predicted octanol–water partition coefficient (Wildman–Crippen LogP) is 3.61. The highest BCUT2D eigenvalue weighted by Gasteiger charge is 2.37. The molecule has 0 radical (unpaired) electrons. The molecule has 1 aromatic carbocycles. The van der Waals surface area contributed by atoms with Crippen LogP contribution in [0.2, 0.25) is 0 Å². The SMILES string of the molecule is CCNC(c1ccc(OC)cc1C)C1(C)CCCCO1. The average molecular weight is 277 g/mol. The molecular formula is C17H27NO2. The summed E-state index contributed by atoms with van der Waals surface area (Å²) in [6.07, 6.45) is 3.53. The first-order valence-corrected chi connectivity index (χ1v) is 7.62. The van der Waals surface area contributed by atoms with Crippen LogP contribution < -0.4 is 10.1 Å². The Balaban J connectivity index is 2.32. The zero-order chi connectivity index (χ0) is 14.6. The third-order valence-corrected chi connectivity index (χ3v) is 4.31. The molecule has 2 atom stereocenters. The lowest BCUT2D eigenvalue weighted by Crippen LogP contribution is -2.46. The van der Waals surface area contributed by atoms with E-state index in [4.69, 9.17) is 9.47 Å². The van der Waals surface area contributed by atoms with Gasteiger partial charge in [-0.15, -0.1) is 0 Å². The van der Waals surface area contributed by atoms with E-state index in [2.05, 4.69) is 38.2 Å². The van der Waals surface area contributed by atoms with Crippen molar-refractivity contribution in [2.45, 2.75) is 51.7 Å². The van der Waals surface area contributed by atoms with E-state index in [-0.39, 0.29) is 11.6 Å². The first-order valence-electron chi connectivity index (χ1n) is 7.62. The van der Waals surface area contributed by atoms with Crippen LogP contribution in [0.1, 0.15) is 50.3 Å². The van der Waals surface area contributed by atoms with Crippen LogP contribution in [0.4, 0.5) is 0 Å². The van der Waals surface area contributed by atoms with Gasteiger partial charge in [-0.3, -0.25) is 0 Å². The molecule has 112 valence electrons. The maximum absolute atomic E-state index is 6.15. The van der Waals surface area contributed by atoms with Crippen molar-refractivity contribution in [2.75, 3.05) is 20.3 Å². The van der Waals surface area contributed by atoms with Crippen LogP contribution in [0, 0.1) is 6.92 Å². The van der Waals surface area contributed by atoms with Gasteiger partial charge in [-0.2, -0.15) is 0 Å². The summed E-state index contributed by atoms with van der Waals surface area (Å²) < 4.78 is 11.5. The van der Waals surface area contributed by atoms with Crippen LogP contribution in [0.3, 0.4) is 0 Å². The highest BCUT2D eigenvalue weighted by Crippen LogP contribution is 2.38. The van der Waals surface area contributed by atoms with E-state index < -0.39 is 0 Å². The van der Waals surface area contributed by atoms with E-state index in [0.717, 1.165) is 25.3 Å². The molecule has 0 amide bonds. The number of methoxy groups -OCH3 is 1. The fourth-order valence-electron chi connectivity index (χ4n) is 3.14. The van der Waals surface area contributed by atoms with E-state index in [0.29, 0.717) is 0 Å². The van der Waals surface area contributed by atoms with E-state index in [9.17, 15) is 0 Å².